The van der Waals surface area contributed by atoms with Gasteiger partial charge in [0.1, 0.15) is 6.04 Å². The first kappa shape index (κ1) is 13.5. The van der Waals surface area contributed by atoms with Crippen molar-refractivity contribution in [2.45, 2.75) is 39.7 Å². The molecule has 0 amide bonds. The Labute approximate surface area is 98.0 Å². The number of hydrogen-bond acceptors (Lipinski definition) is 3. The maximum Gasteiger partial charge on any atom is 0.322 e. The molecule has 2 N–H and O–H groups in total. The molecule has 1 atom stereocenters. The molecule has 94 valence electrons. The highest BCUT2D eigenvalue weighted by Gasteiger charge is 2.29. The van der Waals surface area contributed by atoms with Gasteiger partial charge in [-0.25, -0.2) is 0 Å². The monoisotopic (exact) mass is 228 g/mol. The van der Waals surface area contributed by atoms with Crippen LogP contribution in [0.5, 0.6) is 0 Å². The van der Waals surface area contributed by atoms with Crippen LogP contribution in [0.25, 0.3) is 0 Å². The lowest BCUT2D eigenvalue weighted by Gasteiger charge is -2.39. The second-order valence-corrected chi connectivity index (χ2v) is 5.45. The predicted octanol–water partition coefficient (Wildman–Crippen LogP) is 1.17. The van der Waals surface area contributed by atoms with Gasteiger partial charge < -0.3 is 15.3 Å². The first-order chi connectivity index (χ1) is 7.44. The van der Waals surface area contributed by atoms with E-state index in [0.717, 1.165) is 13.1 Å². The number of aliphatic carboxylic acids is 1. The Balaban J connectivity index is 2.48. The molecule has 0 bridgehead atoms. The third kappa shape index (κ3) is 4.10. The molecule has 16 heavy (non-hydrogen) atoms. The number of carbonyl (C=O) groups is 1. The summed E-state index contributed by atoms with van der Waals surface area (Å²) in [5.74, 6) is -0.745. The number of nitrogens with one attached hydrogen (secondary N) is 1. The Morgan fingerprint density at radius 2 is 2.25 bits per heavy atom. The molecule has 0 saturated carbocycles. The van der Waals surface area contributed by atoms with Crippen LogP contribution in [0.15, 0.2) is 0 Å². The third-order valence-corrected chi connectivity index (χ3v) is 3.17. The number of carboxylic acids is 1. The Kier molecular flexibility index (Phi) is 4.74. The smallest absolute Gasteiger partial charge is 0.322 e. The minimum atomic E-state index is -0.745. The lowest BCUT2D eigenvalue weighted by molar-refractivity contribution is -0.140. The van der Waals surface area contributed by atoms with Crippen molar-refractivity contribution < 1.29 is 9.90 Å². The van der Waals surface area contributed by atoms with Crippen LogP contribution in [-0.2, 0) is 4.79 Å². The van der Waals surface area contributed by atoms with Crippen LogP contribution < -0.4 is 5.32 Å². The number of piperidine rings is 1. The van der Waals surface area contributed by atoms with Crippen molar-refractivity contribution in [3.8, 4) is 0 Å². The van der Waals surface area contributed by atoms with Crippen molar-refractivity contribution in [3.05, 3.63) is 0 Å². The van der Waals surface area contributed by atoms with Gasteiger partial charge in [-0.05, 0) is 31.3 Å². The summed E-state index contributed by atoms with van der Waals surface area (Å²) in [4.78, 5) is 13.3. The summed E-state index contributed by atoms with van der Waals surface area (Å²) >= 11 is 0. The van der Waals surface area contributed by atoms with E-state index >= 15 is 0 Å². The van der Waals surface area contributed by atoms with Crippen LogP contribution >= 0.6 is 0 Å². The quantitative estimate of drug-likeness (QED) is 0.741. The number of likely N-dealkylation sites (tertiary alicyclic amines) is 1. The van der Waals surface area contributed by atoms with Crippen LogP contribution in [0.3, 0.4) is 0 Å². The summed E-state index contributed by atoms with van der Waals surface area (Å²) < 4.78 is 0. The molecule has 0 aromatic heterocycles. The molecule has 0 radical (unpaired) electrons. The average Bonchev–Trinajstić information content (AvgIpc) is 2.15. The second kappa shape index (κ2) is 5.64. The zero-order valence-corrected chi connectivity index (χ0v) is 10.6. The molecular formula is C12H24N2O2. The van der Waals surface area contributed by atoms with Gasteiger partial charge in [-0.1, -0.05) is 20.8 Å². The fraction of sp³-hybridized carbons (Fsp3) is 0.917. The van der Waals surface area contributed by atoms with Crippen molar-refractivity contribution in [1.82, 2.24) is 10.2 Å². The van der Waals surface area contributed by atoms with E-state index in [1.54, 1.807) is 0 Å². The van der Waals surface area contributed by atoms with Gasteiger partial charge in [0.2, 0.25) is 0 Å². The van der Waals surface area contributed by atoms with Gasteiger partial charge in [0.25, 0.3) is 0 Å². The molecular weight excluding hydrogens is 204 g/mol. The van der Waals surface area contributed by atoms with Gasteiger partial charge in [-0.2, -0.15) is 0 Å². The highest BCUT2D eigenvalue weighted by Crippen LogP contribution is 2.28. The first-order valence-corrected chi connectivity index (χ1v) is 6.13. The normalized spacial score (nSPS) is 22.9. The largest absolute Gasteiger partial charge is 0.480 e. The van der Waals surface area contributed by atoms with Crippen LogP contribution in [0.2, 0.25) is 0 Å². The van der Waals surface area contributed by atoms with E-state index in [2.05, 4.69) is 24.1 Å². The molecule has 0 spiro atoms. The van der Waals surface area contributed by atoms with Crippen LogP contribution in [0, 0.1) is 5.41 Å². The maximum absolute atomic E-state index is 11.0. The Morgan fingerprint density at radius 1 is 1.56 bits per heavy atom. The minimum Gasteiger partial charge on any atom is -0.480 e. The topological polar surface area (TPSA) is 52.6 Å². The summed E-state index contributed by atoms with van der Waals surface area (Å²) in [7, 11) is 0. The third-order valence-electron chi connectivity index (χ3n) is 3.17. The summed E-state index contributed by atoms with van der Waals surface area (Å²) in [6.07, 6.45) is 2.41. The average molecular weight is 228 g/mol. The fourth-order valence-corrected chi connectivity index (χ4v) is 2.44. The van der Waals surface area contributed by atoms with Crippen molar-refractivity contribution in [2.24, 2.45) is 5.41 Å². The first-order valence-electron chi connectivity index (χ1n) is 6.13. The van der Waals surface area contributed by atoms with Crippen LogP contribution in [0.1, 0.15) is 33.6 Å². The number of rotatable bonds is 5. The molecule has 1 unspecified atom stereocenters. The van der Waals surface area contributed by atoms with Gasteiger partial charge in [-0.3, -0.25) is 4.79 Å². The predicted molar refractivity (Wildman–Crippen MR) is 64.6 cm³/mol. The maximum atomic E-state index is 11.0. The highest BCUT2D eigenvalue weighted by atomic mass is 16.4. The molecule has 0 aromatic carbocycles. The number of likely N-dealkylation sites (N-methyl/N-ethyl adjacent to an activating group) is 1. The van der Waals surface area contributed by atoms with Crippen molar-refractivity contribution in [2.75, 3.05) is 26.2 Å². The highest BCUT2D eigenvalue weighted by molar-refractivity contribution is 5.73. The summed E-state index contributed by atoms with van der Waals surface area (Å²) in [6, 6.07) is -0.432. The molecule has 1 heterocycles. The zero-order valence-electron chi connectivity index (χ0n) is 10.6. The van der Waals surface area contributed by atoms with E-state index in [9.17, 15) is 4.79 Å². The lowest BCUT2D eigenvalue weighted by atomic mass is 9.84. The number of carboxylic acid groups (broad SMARTS) is 1. The standard InChI is InChI=1S/C12H24N2O2/c1-4-13-10(11(15)16)8-14-7-5-6-12(2,3)9-14/h10,13H,4-9H2,1-3H3,(H,15,16). The lowest BCUT2D eigenvalue weighted by Crippen LogP contribution is -2.50. The Hall–Kier alpha value is -0.610. The SMILES string of the molecule is CCNC(CN1CCCC(C)(C)C1)C(=O)O. The second-order valence-electron chi connectivity index (χ2n) is 5.45. The molecule has 4 heteroatoms. The van der Waals surface area contributed by atoms with Gasteiger partial charge >= 0.3 is 5.97 Å². The minimum absolute atomic E-state index is 0.327. The van der Waals surface area contributed by atoms with Gasteiger partial charge in [0, 0.05) is 13.1 Å². The molecule has 1 saturated heterocycles. The fourth-order valence-electron chi connectivity index (χ4n) is 2.44. The molecule has 0 aromatic rings. The van der Waals surface area contributed by atoms with E-state index in [-0.39, 0.29) is 0 Å². The van der Waals surface area contributed by atoms with Crippen LogP contribution in [0.4, 0.5) is 0 Å². The van der Waals surface area contributed by atoms with E-state index in [4.69, 9.17) is 5.11 Å². The number of nitrogens with zero attached hydrogens (tertiary/aromatic N) is 1. The Bertz CT molecular complexity index is 241. The van der Waals surface area contributed by atoms with E-state index in [1.165, 1.54) is 12.8 Å². The van der Waals surface area contributed by atoms with Crippen molar-refractivity contribution in [3.63, 3.8) is 0 Å². The molecule has 1 fully saturated rings. The molecule has 1 rings (SSSR count). The molecule has 1 aliphatic rings. The van der Waals surface area contributed by atoms with E-state index < -0.39 is 12.0 Å². The zero-order chi connectivity index (χ0) is 12.2. The van der Waals surface area contributed by atoms with Gasteiger partial charge in [-0.15, -0.1) is 0 Å². The van der Waals surface area contributed by atoms with Crippen molar-refractivity contribution >= 4 is 5.97 Å². The Morgan fingerprint density at radius 3 is 2.75 bits per heavy atom. The number of hydrogen-bond donors (Lipinski definition) is 2. The molecule has 4 nitrogen and oxygen atoms in total. The molecule has 0 aliphatic carbocycles. The van der Waals surface area contributed by atoms with E-state index in [1.807, 2.05) is 6.92 Å². The summed E-state index contributed by atoms with van der Waals surface area (Å²) in [6.45, 7) is 9.79. The van der Waals surface area contributed by atoms with Crippen LogP contribution in [-0.4, -0.2) is 48.2 Å². The molecule has 1 aliphatic heterocycles. The summed E-state index contributed by atoms with van der Waals surface area (Å²) in [5, 5.41) is 12.1. The van der Waals surface area contributed by atoms with E-state index in [0.29, 0.717) is 18.5 Å². The summed E-state index contributed by atoms with van der Waals surface area (Å²) in [5.41, 5.74) is 0.327. The van der Waals surface area contributed by atoms with Gasteiger partial charge in [0.05, 0.1) is 0 Å². The van der Waals surface area contributed by atoms with Gasteiger partial charge in [0.15, 0.2) is 0 Å². The van der Waals surface area contributed by atoms with Crippen molar-refractivity contribution in [1.29, 1.82) is 0 Å².